The monoisotopic (exact) mass is 286 g/mol. The average molecular weight is 286 g/mol. The number of halogens is 3. The van der Waals surface area contributed by atoms with Gasteiger partial charge in [0, 0.05) is 18.0 Å². The molecule has 0 aromatic heterocycles. The highest BCUT2D eigenvalue weighted by atomic mass is 19.4. The molecule has 0 bridgehead atoms. The largest absolute Gasteiger partial charge is 0.417 e. The second-order valence-corrected chi connectivity index (χ2v) is 3.96. The summed E-state index contributed by atoms with van der Waals surface area (Å²) in [6.07, 6.45) is -3.47. The Bertz CT molecular complexity index is 510. The average Bonchev–Trinajstić information content (AvgIpc) is 2.41. The van der Waals surface area contributed by atoms with Crippen LogP contribution in [0.25, 0.3) is 10.4 Å². The number of carbonyl (C=O) groups is 1. The Balaban J connectivity index is 2.58. The summed E-state index contributed by atoms with van der Waals surface area (Å²) >= 11 is 0. The van der Waals surface area contributed by atoms with Crippen molar-refractivity contribution in [3.05, 3.63) is 45.8 Å². The lowest BCUT2D eigenvalue weighted by molar-refractivity contribution is -0.137. The van der Waals surface area contributed by atoms with Crippen LogP contribution in [-0.4, -0.2) is 19.0 Å². The van der Waals surface area contributed by atoms with E-state index >= 15 is 0 Å². The molecule has 0 radical (unpaired) electrons. The maximum atomic E-state index is 12.7. The van der Waals surface area contributed by atoms with Crippen LogP contribution in [0.1, 0.15) is 28.8 Å². The SMILES string of the molecule is [N-]=[N+]=NCCCCNC(=O)c1ccccc1C(F)(F)F. The number of benzene rings is 1. The molecule has 0 aliphatic heterocycles. The highest BCUT2D eigenvalue weighted by Gasteiger charge is 2.34. The molecule has 0 unspecified atom stereocenters. The van der Waals surface area contributed by atoms with Crippen molar-refractivity contribution in [2.24, 2.45) is 5.11 Å². The quantitative estimate of drug-likeness (QED) is 0.369. The molecular weight excluding hydrogens is 273 g/mol. The number of hydrogen-bond acceptors (Lipinski definition) is 2. The van der Waals surface area contributed by atoms with Crippen LogP contribution >= 0.6 is 0 Å². The van der Waals surface area contributed by atoms with E-state index in [9.17, 15) is 18.0 Å². The number of nitrogens with zero attached hydrogens (tertiary/aromatic N) is 3. The zero-order valence-electron chi connectivity index (χ0n) is 10.5. The van der Waals surface area contributed by atoms with Crippen LogP contribution in [-0.2, 0) is 6.18 Å². The van der Waals surface area contributed by atoms with Gasteiger partial charge in [-0.2, -0.15) is 13.2 Å². The zero-order chi connectivity index (χ0) is 15.0. The number of unbranched alkanes of at least 4 members (excludes halogenated alkanes) is 1. The summed E-state index contributed by atoms with van der Waals surface area (Å²) in [6.45, 7) is 0.525. The fraction of sp³-hybridized carbons (Fsp3) is 0.417. The molecule has 0 aliphatic carbocycles. The molecule has 8 heteroatoms. The third-order valence-electron chi connectivity index (χ3n) is 2.51. The first-order valence-corrected chi connectivity index (χ1v) is 5.92. The van der Waals surface area contributed by atoms with Gasteiger partial charge in [-0.15, -0.1) is 0 Å². The van der Waals surface area contributed by atoms with E-state index in [0.29, 0.717) is 19.4 Å². The Morgan fingerprint density at radius 2 is 2.00 bits per heavy atom. The van der Waals surface area contributed by atoms with E-state index in [1.807, 2.05) is 0 Å². The van der Waals surface area contributed by atoms with Crippen LogP contribution in [0.5, 0.6) is 0 Å². The first-order valence-electron chi connectivity index (χ1n) is 5.92. The lowest BCUT2D eigenvalue weighted by Crippen LogP contribution is -2.27. The Hall–Kier alpha value is -2.21. The van der Waals surface area contributed by atoms with Gasteiger partial charge in [0.2, 0.25) is 0 Å². The second kappa shape index (κ2) is 7.40. The molecule has 20 heavy (non-hydrogen) atoms. The van der Waals surface area contributed by atoms with Gasteiger partial charge in [-0.25, -0.2) is 0 Å². The Kier molecular flexibility index (Phi) is 5.86. The Morgan fingerprint density at radius 3 is 2.65 bits per heavy atom. The highest BCUT2D eigenvalue weighted by Crippen LogP contribution is 2.31. The normalized spacial score (nSPS) is 10.8. The third kappa shape index (κ3) is 4.81. The van der Waals surface area contributed by atoms with Crippen molar-refractivity contribution in [1.29, 1.82) is 0 Å². The van der Waals surface area contributed by atoms with Gasteiger partial charge in [-0.1, -0.05) is 17.2 Å². The molecule has 0 heterocycles. The van der Waals surface area contributed by atoms with Crippen LogP contribution < -0.4 is 5.32 Å². The number of amides is 1. The molecule has 1 aromatic rings. The maximum Gasteiger partial charge on any atom is 0.417 e. The molecule has 1 aromatic carbocycles. The smallest absolute Gasteiger partial charge is 0.352 e. The molecule has 1 rings (SSSR count). The van der Waals surface area contributed by atoms with Gasteiger partial charge in [-0.05, 0) is 30.5 Å². The van der Waals surface area contributed by atoms with Crippen LogP contribution in [0.2, 0.25) is 0 Å². The minimum atomic E-state index is -4.56. The van der Waals surface area contributed by atoms with Crippen molar-refractivity contribution in [2.75, 3.05) is 13.1 Å². The van der Waals surface area contributed by atoms with Crippen LogP contribution in [0.4, 0.5) is 13.2 Å². The maximum absolute atomic E-state index is 12.7. The number of carbonyl (C=O) groups excluding carboxylic acids is 1. The lowest BCUT2D eigenvalue weighted by atomic mass is 10.1. The van der Waals surface area contributed by atoms with Crippen LogP contribution in [0, 0.1) is 0 Å². The number of azide groups is 1. The first-order chi connectivity index (χ1) is 9.46. The van der Waals surface area contributed by atoms with E-state index in [4.69, 9.17) is 5.53 Å². The van der Waals surface area contributed by atoms with Crippen LogP contribution in [0.15, 0.2) is 29.4 Å². The fourth-order valence-electron chi connectivity index (χ4n) is 1.58. The first kappa shape index (κ1) is 15.8. The van der Waals surface area contributed by atoms with Crippen molar-refractivity contribution in [3.63, 3.8) is 0 Å². The molecule has 1 N–H and O–H groups in total. The lowest BCUT2D eigenvalue weighted by Gasteiger charge is -2.12. The number of nitrogens with one attached hydrogen (secondary N) is 1. The summed E-state index contributed by atoms with van der Waals surface area (Å²) in [5.74, 6) is -0.762. The summed E-state index contributed by atoms with van der Waals surface area (Å²) < 4.78 is 38.1. The van der Waals surface area contributed by atoms with E-state index < -0.39 is 23.2 Å². The minimum Gasteiger partial charge on any atom is -0.352 e. The standard InChI is InChI=1S/C12H13F3N4O/c13-12(14,15)10-6-2-1-5-9(10)11(20)17-7-3-4-8-18-19-16/h1-2,5-6H,3-4,7-8H2,(H,17,20). The predicted molar refractivity (Wildman–Crippen MR) is 67.0 cm³/mol. The fourth-order valence-corrected chi connectivity index (χ4v) is 1.58. The van der Waals surface area contributed by atoms with E-state index in [1.54, 1.807) is 0 Å². The summed E-state index contributed by atoms with van der Waals surface area (Å²) in [5, 5.41) is 5.73. The van der Waals surface area contributed by atoms with Crippen molar-refractivity contribution in [1.82, 2.24) is 5.32 Å². The van der Waals surface area contributed by atoms with Crippen molar-refractivity contribution in [3.8, 4) is 0 Å². The minimum absolute atomic E-state index is 0.228. The molecule has 108 valence electrons. The molecule has 5 nitrogen and oxygen atoms in total. The van der Waals surface area contributed by atoms with Gasteiger partial charge >= 0.3 is 6.18 Å². The Labute approximate surface area is 113 Å². The zero-order valence-corrected chi connectivity index (χ0v) is 10.5. The predicted octanol–water partition coefficient (Wildman–Crippen LogP) is 3.53. The summed E-state index contributed by atoms with van der Waals surface area (Å²) in [5.41, 5.74) is 6.70. The van der Waals surface area contributed by atoms with Gasteiger partial charge in [0.25, 0.3) is 5.91 Å². The molecule has 0 fully saturated rings. The summed E-state index contributed by atoms with van der Waals surface area (Å²) in [6, 6.07) is 4.62. The number of hydrogen-bond donors (Lipinski definition) is 1. The summed E-state index contributed by atoms with van der Waals surface area (Å²) in [4.78, 5) is 14.3. The highest BCUT2D eigenvalue weighted by molar-refractivity contribution is 5.95. The van der Waals surface area contributed by atoms with E-state index in [1.165, 1.54) is 12.1 Å². The van der Waals surface area contributed by atoms with Gasteiger partial charge in [0.05, 0.1) is 11.1 Å². The summed E-state index contributed by atoms with van der Waals surface area (Å²) in [7, 11) is 0. The van der Waals surface area contributed by atoms with Crippen LogP contribution in [0.3, 0.4) is 0 Å². The number of rotatable bonds is 6. The third-order valence-corrected chi connectivity index (χ3v) is 2.51. The second-order valence-electron chi connectivity index (χ2n) is 3.96. The molecule has 0 atom stereocenters. The van der Waals surface area contributed by atoms with Gasteiger partial charge in [-0.3, -0.25) is 4.79 Å². The van der Waals surface area contributed by atoms with E-state index in [0.717, 1.165) is 12.1 Å². The van der Waals surface area contributed by atoms with Crippen molar-refractivity contribution >= 4 is 5.91 Å². The van der Waals surface area contributed by atoms with E-state index in [2.05, 4.69) is 15.3 Å². The Morgan fingerprint density at radius 1 is 1.30 bits per heavy atom. The number of alkyl halides is 3. The van der Waals surface area contributed by atoms with Crippen molar-refractivity contribution < 1.29 is 18.0 Å². The van der Waals surface area contributed by atoms with Gasteiger partial charge < -0.3 is 5.32 Å². The molecule has 0 saturated heterocycles. The van der Waals surface area contributed by atoms with E-state index in [-0.39, 0.29) is 6.54 Å². The van der Waals surface area contributed by atoms with Gasteiger partial charge in [0.1, 0.15) is 0 Å². The molecule has 0 spiro atoms. The topological polar surface area (TPSA) is 77.9 Å². The molecular formula is C12H13F3N4O. The molecule has 0 saturated carbocycles. The molecule has 0 aliphatic rings. The molecule has 1 amide bonds. The van der Waals surface area contributed by atoms with Gasteiger partial charge in [0.15, 0.2) is 0 Å². The van der Waals surface area contributed by atoms with Crippen molar-refractivity contribution in [2.45, 2.75) is 19.0 Å².